The highest BCUT2D eigenvalue weighted by Gasteiger charge is 2.10. The Balaban J connectivity index is 2.09. The summed E-state index contributed by atoms with van der Waals surface area (Å²) in [6.07, 6.45) is 0.170. The molecule has 0 saturated carbocycles. The van der Waals surface area contributed by atoms with Crippen LogP contribution in [0.15, 0.2) is 24.3 Å². The van der Waals surface area contributed by atoms with Crippen LogP contribution in [0.1, 0.15) is 11.3 Å². The molecule has 19 heavy (non-hydrogen) atoms. The minimum absolute atomic E-state index is 0.160. The molecule has 0 aliphatic carbocycles. The number of halogens is 2. The van der Waals surface area contributed by atoms with Gasteiger partial charge >= 0.3 is 0 Å². The minimum atomic E-state index is -0.160. The van der Waals surface area contributed by atoms with Gasteiger partial charge < -0.3 is 5.32 Å². The largest absolute Gasteiger partial charge is 0.311 e. The number of anilines is 1. The molecule has 1 amide bonds. The molecule has 1 aromatic heterocycles. The number of benzene rings is 1. The molecule has 0 spiro atoms. The molecule has 2 rings (SSSR count). The number of aromatic nitrogens is 2. The Morgan fingerprint density at radius 3 is 2.74 bits per heavy atom. The van der Waals surface area contributed by atoms with Crippen molar-refractivity contribution in [1.29, 1.82) is 0 Å². The topological polar surface area (TPSA) is 46.9 Å². The summed E-state index contributed by atoms with van der Waals surface area (Å²) >= 11 is 11.9. The number of carbonyl (C=O) groups is 1. The van der Waals surface area contributed by atoms with Crippen LogP contribution in [-0.4, -0.2) is 15.7 Å². The molecule has 2 aromatic rings. The summed E-state index contributed by atoms with van der Waals surface area (Å²) in [6.45, 7) is 1.86. The molecule has 0 saturated heterocycles. The van der Waals surface area contributed by atoms with Gasteiger partial charge in [0.15, 0.2) is 0 Å². The predicted octanol–water partition coefficient (Wildman–Crippen LogP) is 3.22. The van der Waals surface area contributed by atoms with Crippen molar-refractivity contribution in [3.8, 4) is 0 Å². The molecule has 0 aliphatic rings. The Morgan fingerprint density at radius 2 is 2.11 bits per heavy atom. The molecule has 0 atom stereocenters. The smallest absolute Gasteiger partial charge is 0.229 e. The number of hydrogen-bond donors (Lipinski definition) is 1. The number of amides is 1. The number of rotatable bonds is 3. The first-order valence-corrected chi connectivity index (χ1v) is 6.45. The molecule has 1 heterocycles. The number of nitrogens with zero attached hydrogens (tertiary/aromatic N) is 2. The van der Waals surface area contributed by atoms with Crippen molar-refractivity contribution in [2.75, 3.05) is 5.32 Å². The second kappa shape index (κ2) is 5.63. The molecule has 1 N–H and O–H groups in total. The van der Waals surface area contributed by atoms with E-state index in [9.17, 15) is 4.79 Å². The molecule has 6 heteroatoms. The summed E-state index contributed by atoms with van der Waals surface area (Å²) in [5.74, 6) is 0.493. The van der Waals surface area contributed by atoms with Crippen LogP contribution in [0.25, 0.3) is 0 Å². The van der Waals surface area contributed by atoms with E-state index in [0.29, 0.717) is 21.4 Å². The third-order valence-corrected chi connectivity index (χ3v) is 3.23. The van der Waals surface area contributed by atoms with E-state index in [1.165, 1.54) is 0 Å². The Morgan fingerprint density at radius 1 is 1.37 bits per heavy atom. The van der Waals surface area contributed by atoms with Gasteiger partial charge in [-0.05, 0) is 30.7 Å². The molecule has 0 aliphatic heterocycles. The van der Waals surface area contributed by atoms with Crippen molar-refractivity contribution in [1.82, 2.24) is 9.78 Å². The molecule has 100 valence electrons. The van der Waals surface area contributed by atoms with Crippen molar-refractivity contribution < 1.29 is 4.79 Å². The molecule has 0 unspecified atom stereocenters. The summed E-state index contributed by atoms with van der Waals surface area (Å²) in [7, 11) is 1.77. The third-order valence-electron chi connectivity index (χ3n) is 2.63. The van der Waals surface area contributed by atoms with Crippen molar-refractivity contribution in [3.05, 3.63) is 45.6 Å². The SMILES string of the molecule is Cc1cc(NC(=O)Cc2cc(Cl)ccc2Cl)n(C)n1. The Hall–Kier alpha value is -1.52. The zero-order chi connectivity index (χ0) is 14.0. The lowest BCUT2D eigenvalue weighted by Gasteiger charge is -2.07. The van der Waals surface area contributed by atoms with E-state index in [4.69, 9.17) is 23.2 Å². The summed E-state index contributed by atoms with van der Waals surface area (Å²) < 4.78 is 1.62. The number of carbonyl (C=O) groups excluding carboxylic acids is 1. The zero-order valence-corrected chi connectivity index (χ0v) is 12.1. The van der Waals surface area contributed by atoms with Crippen molar-refractivity contribution in [2.24, 2.45) is 7.05 Å². The lowest BCUT2D eigenvalue weighted by atomic mass is 10.1. The quantitative estimate of drug-likeness (QED) is 0.945. The first-order valence-electron chi connectivity index (χ1n) is 5.70. The monoisotopic (exact) mass is 297 g/mol. The number of hydrogen-bond acceptors (Lipinski definition) is 2. The van der Waals surface area contributed by atoms with Gasteiger partial charge in [0.2, 0.25) is 5.91 Å². The Kier molecular flexibility index (Phi) is 4.12. The molecule has 1 aromatic carbocycles. The maximum atomic E-state index is 12.0. The second-order valence-corrected chi connectivity index (χ2v) is 5.10. The predicted molar refractivity (Wildman–Crippen MR) is 76.7 cm³/mol. The molecule has 4 nitrogen and oxygen atoms in total. The van der Waals surface area contributed by atoms with Gasteiger partial charge in [0.1, 0.15) is 5.82 Å². The van der Waals surface area contributed by atoms with Crippen molar-refractivity contribution >= 4 is 34.9 Å². The van der Waals surface area contributed by atoms with Crippen LogP contribution in [-0.2, 0) is 18.3 Å². The van der Waals surface area contributed by atoms with Crippen LogP contribution in [0.5, 0.6) is 0 Å². The highest BCUT2D eigenvalue weighted by molar-refractivity contribution is 6.33. The van der Waals surface area contributed by atoms with E-state index >= 15 is 0 Å². The van der Waals surface area contributed by atoms with Crippen LogP contribution >= 0.6 is 23.2 Å². The van der Waals surface area contributed by atoms with Gasteiger partial charge in [-0.25, -0.2) is 0 Å². The normalized spacial score (nSPS) is 10.5. The fourth-order valence-electron chi connectivity index (χ4n) is 1.77. The van der Waals surface area contributed by atoms with Crippen molar-refractivity contribution in [2.45, 2.75) is 13.3 Å². The average molecular weight is 298 g/mol. The number of aryl methyl sites for hydroxylation is 2. The van der Waals surface area contributed by atoms with Gasteiger partial charge in [0.25, 0.3) is 0 Å². The van der Waals surface area contributed by atoms with E-state index in [1.807, 2.05) is 6.92 Å². The molecule has 0 fully saturated rings. The summed E-state index contributed by atoms with van der Waals surface area (Å²) in [5, 5.41) is 8.03. The maximum absolute atomic E-state index is 12.0. The van der Waals surface area contributed by atoms with E-state index in [-0.39, 0.29) is 12.3 Å². The first-order chi connectivity index (χ1) is 8.95. The van der Waals surface area contributed by atoms with E-state index in [1.54, 1.807) is 36.0 Å². The highest BCUT2D eigenvalue weighted by atomic mass is 35.5. The van der Waals surface area contributed by atoms with E-state index < -0.39 is 0 Å². The van der Waals surface area contributed by atoms with Crippen molar-refractivity contribution in [3.63, 3.8) is 0 Å². The van der Waals surface area contributed by atoms with Crippen LogP contribution in [0.2, 0.25) is 10.0 Å². The zero-order valence-electron chi connectivity index (χ0n) is 10.6. The minimum Gasteiger partial charge on any atom is -0.311 e. The molecule has 0 radical (unpaired) electrons. The molecular formula is C13H13Cl2N3O. The van der Waals surface area contributed by atoms with E-state index in [2.05, 4.69) is 10.4 Å². The summed E-state index contributed by atoms with van der Waals surface area (Å²) in [6, 6.07) is 6.87. The Labute approximate surface area is 121 Å². The van der Waals surface area contributed by atoms with Gasteiger partial charge in [-0.3, -0.25) is 9.48 Å². The lowest BCUT2D eigenvalue weighted by molar-refractivity contribution is -0.115. The maximum Gasteiger partial charge on any atom is 0.229 e. The average Bonchev–Trinajstić information content (AvgIpc) is 2.62. The Bertz CT molecular complexity index is 622. The third kappa shape index (κ3) is 3.49. The van der Waals surface area contributed by atoms with Gasteiger partial charge in [-0.2, -0.15) is 5.10 Å². The highest BCUT2D eigenvalue weighted by Crippen LogP contribution is 2.21. The van der Waals surface area contributed by atoms with Gasteiger partial charge in [0, 0.05) is 23.2 Å². The van der Waals surface area contributed by atoms with Gasteiger partial charge in [0.05, 0.1) is 12.1 Å². The van der Waals surface area contributed by atoms with Crippen LogP contribution in [0, 0.1) is 6.92 Å². The first kappa shape index (κ1) is 13.9. The van der Waals surface area contributed by atoms with Crippen LogP contribution < -0.4 is 5.32 Å². The summed E-state index contributed by atoms with van der Waals surface area (Å²) in [5.41, 5.74) is 1.55. The molecular weight excluding hydrogens is 285 g/mol. The molecule has 0 bridgehead atoms. The van der Waals surface area contributed by atoms with Crippen LogP contribution in [0.4, 0.5) is 5.82 Å². The lowest BCUT2D eigenvalue weighted by Crippen LogP contribution is -2.16. The van der Waals surface area contributed by atoms with E-state index in [0.717, 1.165) is 5.69 Å². The fourth-order valence-corrected chi connectivity index (χ4v) is 2.15. The van der Waals surface area contributed by atoms with Crippen LogP contribution in [0.3, 0.4) is 0 Å². The standard InChI is InChI=1S/C13H13Cl2N3O/c1-8-5-12(18(2)17-8)16-13(19)7-9-6-10(14)3-4-11(9)15/h3-6H,7H2,1-2H3,(H,16,19). The fraction of sp³-hybridized carbons (Fsp3) is 0.231. The summed E-state index contributed by atoms with van der Waals surface area (Å²) in [4.78, 5) is 12.0. The van der Waals surface area contributed by atoms with Gasteiger partial charge in [-0.15, -0.1) is 0 Å². The second-order valence-electron chi connectivity index (χ2n) is 4.26. The number of nitrogens with one attached hydrogen (secondary N) is 1. The van der Waals surface area contributed by atoms with Gasteiger partial charge in [-0.1, -0.05) is 23.2 Å².